The highest BCUT2D eigenvalue weighted by atomic mass is 16.8. The molecule has 180 valence electrons. The van der Waals surface area contributed by atoms with Crippen molar-refractivity contribution in [1.29, 1.82) is 0 Å². The number of rotatable bonds is 22. The number of hydrogen-bond donors (Lipinski definition) is 1. The SMILES string of the molecule is CCC(COC(=O)C(C)(C)CC)OCOCOCOCOCOCOCOCCO. The van der Waals surface area contributed by atoms with Crippen LogP contribution >= 0.6 is 0 Å². The molecule has 11 nitrogen and oxygen atoms in total. The molecule has 0 heterocycles. The number of esters is 1. The molecule has 0 spiro atoms. The van der Waals surface area contributed by atoms with Crippen LogP contribution in [0.15, 0.2) is 0 Å². The second-order valence-corrected chi connectivity index (χ2v) is 6.71. The molecule has 0 aromatic rings. The molecule has 0 rings (SSSR count). The zero-order chi connectivity index (χ0) is 22.5. The quantitative estimate of drug-likeness (QED) is 0.149. The second kappa shape index (κ2) is 20.0. The molecule has 0 aromatic heterocycles. The molecule has 0 aliphatic rings. The van der Waals surface area contributed by atoms with Crippen molar-refractivity contribution in [2.45, 2.75) is 46.6 Å². The van der Waals surface area contributed by atoms with Crippen molar-refractivity contribution in [3.63, 3.8) is 0 Å². The molecule has 0 aliphatic carbocycles. The van der Waals surface area contributed by atoms with E-state index in [1.165, 1.54) is 0 Å². The van der Waals surface area contributed by atoms with Crippen LogP contribution in [0, 0.1) is 5.41 Å². The number of carbonyl (C=O) groups excluding carboxylic acids is 1. The molecule has 0 amide bonds. The van der Waals surface area contributed by atoms with Gasteiger partial charge in [-0.25, -0.2) is 0 Å². The maximum absolute atomic E-state index is 12.0. The van der Waals surface area contributed by atoms with Gasteiger partial charge in [-0.1, -0.05) is 13.8 Å². The van der Waals surface area contributed by atoms with Crippen LogP contribution in [-0.4, -0.2) is 84.6 Å². The Hall–Kier alpha value is -0.890. The van der Waals surface area contributed by atoms with Crippen molar-refractivity contribution in [2.75, 3.05) is 67.4 Å². The maximum Gasteiger partial charge on any atom is 0.311 e. The zero-order valence-electron chi connectivity index (χ0n) is 18.6. The summed E-state index contributed by atoms with van der Waals surface area (Å²) in [5, 5.41) is 8.48. The van der Waals surface area contributed by atoms with Crippen LogP contribution in [0.1, 0.15) is 40.5 Å². The normalized spacial score (nSPS) is 12.8. The first-order valence-electron chi connectivity index (χ1n) is 9.91. The Morgan fingerprint density at radius 2 is 1.27 bits per heavy atom. The van der Waals surface area contributed by atoms with Gasteiger partial charge in [-0.05, 0) is 26.7 Å². The number of aliphatic hydroxyl groups excluding tert-OH is 1. The number of ether oxygens (including phenoxy) is 9. The Bertz CT molecular complexity index is 393. The Morgan fingerprint density at radius 3 is 1.70 bits per heavy atom. The predicted octanol–water partition coefficient (Wildman–Crippen LogP) is 1.57. The standard InChI is InChI=1S/C19H38O11/c1-5-17(9-29-18(21)19(3,4)6-2)30-16-28-15-27-14-26-13-25-12-24-11-23-10-22-8-7-20/h17,20H,5-16H2,1-4H3. The summed E-state index contributed by atoms with van der Waals surface area (Å²) in [5.74, 6) is -0.235. The van der Waals surface area contributed by atoms with Crippen molar-refractivity contribution in [3.05, 3.63) is 0 Å². The second-order valence-electron chi connectivity index (χ2n) is 6.71. The molecule has 0 saturated heterocycles. The van der Waals surface area contributed by atoms with Crippen LogP contribution in [0.4, 0.5) is 0 Å². The highest BCUT2D eigenvalue weighted by Crippen LogP contribution is 2.21. The van der Waals surface area contributed by atoms with E-state index in [0.717, 1.165) is 0 Å². The molecule has 0 radical (unpaired) electrons. The fourth-order valence-corrected chi connectivity index (χ4v) is 1.62. The highest BCUT2D eigenvalue weighted by molar-refractivity contribution is 5.75. The monoisotopic (exact) mass is 442 g/mol. The van der Waals surface area contributed by atoms with Gasteiger partial charge in [0.15, 0.2) is 34.0 Å². The molecule has 0 fully saturated rings. The minimum Gasteiger partial charge on any atom is -0.463 e. The fourth-order valence-electron chi connectivity index (χ4n) is 1.62. The highest BCUT2D eigenvalue weighted by Gasteiger charge is 2.27. The van der Waals surface area contributed by atoms with E-state index in [-0.39, 0.29) is 79.4 Å². The average Bonchev–Trinajstić information content (AvgIpc) is 2.75. The molecule has 0 aromatic carbocycles. The van der Waals surface area contributed by atoms with Gasteiger partial charge in [0.05, 0.1) is 24.7 Å². The topological polar surface area (TPSA) is 120 Å². The molecule has 11 heteroatoms. The van der Waals surface area contributed by atoms with Crippen LogP contribution < -0.4 is 0 Å². The van der Waals surface area contributed by atoms with E-state index in [2.05, 4.69) is 0 Å². The van der Waals surface area contributed by atoms with Crippen molar-refractivity contribution in [3.8, 4) is 0 Å². The average molecular weight is 443 g/mol. The largest absolute Gasteiger partial charge is 0.463 e. The Balaban J connectivity index is 3.42. The summed E-state index contributed by atoms with van der Waals surface area (Å²) in [4.78, 5) is 12.0. The first-order chi connectivity index (χ1) is 14.5. The van der Waals surface area contributed by atoms with Gasteiger partial charge in [-0.15, -0.1) is 0 Å². The first-order valence-corrected chi connectivity index (χ1v) is 9.91. The summed E-state index contributed by atoms with van der Waals surface area (Å²) in [7, 11) is 0. The van der Waals surface area contributed by atoms with E-state index < -0.39 is 5.41 Å². The summed E-state index contributed by atoms with van der Waals surface area (Å²) in [6.07, 6.45) is 1.16. The van der Waals surface area contributed by atoms with Gasteiger partial charge in [0.2, 0.25) is 0 Å². The number of hydrogen-bond acceptors (Lipinski definition) is 11. The van der Waals surface area contributed by atoms with Gasteiger partial charge in [0.1, 0.15) is 20.2 Å². The van der Waals surface area contributed by atoms with Crippen molar-refractivity contribution < 1.29 is 52.5 Å². The van der Waals surface area contributed by atoms with Crippen LogP contribution in [0.3, 0.4) is 0 Å². The van der Waals surface area contributed by atoms with Crippen LogP contribution in [0.2, 0.25) is 0 Å². The van der Waals surface area contributed by atoms with Crippen LogP contribution in [0.5, 0.6) is 0 Å². The summed E-state index contributed by atoms with van der Waals surface area (Å²) < 4.78 is 46.0. The number of aliphatic hydroxyl groups is 1. The molecule has 30 heavy (non-hydrogen) atoms. The van der Waals surface area contributed by atoms with Gasteiger partial charge in [0, 0.05) is 0 Å². The van der Waals surface area contributed by atoms with Crippen molar-refractivity contribution >= 4 is 5.97 Å². The molecular weight excluding hydrogens is 404 g/mol. The summed E-state index contributed by atoms with van der Waals surface area (Å²) >= 11 is 0. The molecular formula is C19H38O11. The maximum atomic E-state index is 12.0. The molecule has 1 N–H and O–H groups in total. The van der Waals surface area contributed by atoms with Gasteiger partial charge >= 0.3 is 5.97 Å². The van der Waals surface area contributed by atoms with Crippen LogP contribution in [-0.2, 0) is 47.4 Å². The Labute approximate surface area is 178 Å². The first kappa shape index (κ1) is 29.1. The van der Waals surface area contributed by atoms with E-state index in [0.29, 0.717) is 12.8 Å². The van der Waals surface area contributed by atoms with Crippen molar-refractivity contribution in [2.24, 2.45) is 5.41 Å². The lowest BCUT2D eigenvalue weighted by Gasteiger charge is -2.22. The van der Waals surface area contributed by atoms with Crippen molar-refractivity contribution in [1.82, 2.24) is 0 Å². The molecule has 0 saturated carbocycles. The summed E-state index contributed by atoms with van der Waals surface area (Å²) in [6.45, 7) is 7.92. The summed E-state index contributed by atoms with van der Waals surface area (Å²) in [5.41, 5.74) is -0.498. The van der Waals surface area contributed by atoms with E-state index in [4.69, 9.17) is 47.7 Å². The smallest absolute Gasteiger partial charge is 0.311 e. The van der Waals surface area contributed by atoms with E-state index in [9.17, 15) is 4.79 Å². The van der Waals surface area contributed by atoms with E-state index in [1.54, 1.807) is 0 Å². The minimum absolute atomic E-state index is 0.00406. The third-order valence-corrected chi connectivity index (χ3v) is 3.91. The molecule has 1 atom stereocenters. The van der Waals surface area contributed by atoms with Crippen LogP contribution in [0.25, 0.3) is 0 Å². The fraction of sp³-hybridized carbons (Fsp3) is 0.947. The molecule has 0 aliphatic heterocycles. The predicted molar refractivity (Wildman–Crippen MR) is 104 cm³/mol. The lowest BCUT2D eigenvalue weighted by Crippen LogP contribution is -2.30. The summed E-state index contributed by atoms with van der Waals surface area (Å²) in [6, 6.07) is 0. The molecule has 0 bridgehead atoms. The Kier molecular flexibility index (Phi) is 19.4. The number of carbonyl (C=O) groups is 1. The van der Waals surface area contributed by atoms with E-state index in [1.807, 2.05) is 27.7 Å². The van der Waals surface area contributed by atoms with E-state index >= 15 is 0 Å². The Morgan fingerprint density at radius 1 is 0.800 bits per heavy atom. The van der Waals surface area contributed by atoms with Gasteiger partial charge < -0.3 is 47.7 Å². The minimum atomic E-state index is -0.498. The lowest BCUT2D eigenvalue weighted by atomic mass is 9.91. The van der Waals surface area contributed by atoms with Gasteiger partial charge in [-0.2, -0.15) is 0 Å². The third-order valence-electron chi connectivity index (χ3n) is 3.91. The van der Waals surface area contributed by atoms with Gasteiger partial charge in [-0.3, -0.25) is 4.79 Å². The zero-order valence-corrected chi connectivity index (χ0v) is 18.6. The third kappa shape index (κ3) is 16.9. The van der Waals surface area contributed by atoms with Gasteiger partial charge in [0.25, 0.3) is 0 Å². The molecule has 1 unspecified atom stereocenters. The lowest BCUT2D eigenvalue weighted by molar-refractivity contribution is -0.225.